The van der Waals surface area contributed by atoms with Crippen molar-refractivity contribution in [3.63, 3.8) is 0 Å². The maximum atomic E-state index is 12.6. The number of hydrogen-bond acceptors (Lipinski definition) is 2. The van der Waals surface area contributed by atoms with E-state index in [9.17, 15) is 4.79 Å². The SMILES string of the molecule is Cc1ccc(CN(C)C(=O)C2(C)CCCNC2)cc1.Cl. The minimum atomic E-state index is -0.238. The van der Waals surface area contributed by atoms with Gasteiger partial charge in [-0.2, -0.15) is 0 Å². The van der Waals surface area contributed by atoms with E-state index in [-0.39, 0.29) is 23.7 Å². The summed E-state index contributed by atoms with van der Waals surface area (Å²) < 4.78 is 0. The second kappa shape index (κ2) is 7.09. The lowest BCUT2D eigenvalue weighted by atomic mass is 9.81. The molecule has 1 atom stereocenters. The lowest BCUT2D eigenvalue weighted by Gasteiger charge is -2.36. The van der Waals surface area contributed by atoms with Gasteiger partial charge in [-0.05, 0) is 38.8 Å². The standard InChI is InChI=1S/C16H24N2O.ClH/c1-13-5-7-14(8-6-13)11-18(3)15(19)16(2)9-4-10-17-12-16;/h5-8,17H,4,9-12H2,1-3H3;1H. The third-order valence-electron chi connectivity index (χ3n) is 4.00. The molecule has 0 radical (unpaired) electrons. The van der Waals surface area contributed by atoms with Crippen molar-refractivity contribution in [1.82, 2.24) is 10.2 Å². The summed E-state index contributed by atoms with van der Waals surface area (Å²) in [6.45, 7) is 6.67. The second-order valence-electron chi connectivity index (χ2n) is 5.99. The fourth-order valence-electron chi connectivity index (χ4n) is 2.74. The van der Waals surface area contributed by atoms with Crippen molar-refractivity contribution in [1.29, 1.82) is 0 Å². The van der Waals surface area contributed by atoms with Crippen LogP contribution in [0.4, 0.5) is 0 Å². The topological polar surface area (TPSA) is 32.3 Å². The summed E-state index contributed by atoms with van der Waals surface area (Å²) in [5, 5.41) is 3.33. The van der Waals surface area contributed by atoms with Crippen molar-refractivity contribution >= 4 is 18.3 Å². The summed E-state index contributed by atoms with van der Waals surface area (Å²) in [6, 6.07) is 8.39. The second-order valence-corrected chi connectivity index (χ2v) is 5.99. The number of benzene rings is 1. The molecule has 1 heterocycles. The first kappa shape index (κ1) is 17.0. The molecule has 2 rings (SSSR count). The molecule has 0 saturated carbocycles. The molecule has 0 aliphatic carbocycles. The third-order valence-corrected chi connectivity index (χ3v) is 4.00. The number of carbonyl (C=O) groups excluding carboxylic acids is 1. The Bertz CT molecular complexity index is 438. The number of piperidine rings is 1. The molecule has 1 N–H and O–H groups in total. The van der Waals surface area contributed by atoms with Crippen LogP contribution in [0.25, 0.3) is 0 Å². The first-order chi connectivity index (χ1) is 9.01. The molecule has 1 aliphatic heterocycles. The van der Waals surface area contributed by atoms with Crippen LogP contribution in [-0.2, 0) is 11.3 Å². The predicted molar refractivity (Wildman–Crippen MR) is 85.1 cm³/mol. The molecule has 0 bridgehead atoms. The van der Waals surface area contributed by atoms with Crippen LogP contribution in [0.2, 0.25) is 0 Å². The third kappa shape index (κ3) is 3.97. The fourth-order valence-corrected chi connectivity index (χ4v) is 2.74. The summed E-state index contributed by atoms with van der Waals surface area (Å²) in [5.41, 5.74) is 2.20. The average Bonchev–Trinajstić information content (AvgIpc) is 2.41. The predicted octanol–water partition coefficient (Wildman–Crippen LogP) is 2.76. The van der Waals surface area contributed by atoms with Gasteiger partial charge in [0.1, 0.15) is 0 Å². The van der Waals surface area contributed by atoms with Crippen LogP contribution in [0.5, 0.6) is 0 Å². The zero-order chi connectivity index (χ0) is 13.9. The van der Waals surface area contributed by atoms with E-state index in [1.165, 1.54) is 11.1 Å². The summed E-state index contributed by atoms with van der Waals surface area (Å²) in [5.74, 6) is 0.250. The van der Waals surface area contributed by atoms with E-state index in [0.717, 1.165) is 25.9 Å². The Kier molecular flexibility index (Phi) is 6.03. The lowest BCUT2D eigenvalue weighted by Crippen LogP contribution is -2.48. The number of hydrogen-bond donors (Lipinski definition) is 1. The molecule has 20 heavy (non-hydrogen) atoms. The molecule has 1 saturated heterocycles. The summed E-state index contributed by atoms with van der Waals surface area (Å²) in [6.07, 6.45) is 2.07. The maximum absolute atomic E-state index is 12.6. The highest BCUT2D eigenvalue weighted by Crippen LogP contribution is 2.28. The number of rotatable bonds is 3. The zero-order valence-corrected chi connectivity index (χ0v) is 13.4. The van der Waals surface area contributed by atoms with Gasteiger partial charge in [0.25, 0.3) is 0 Å². The van der Waals surface area contributed by atoms with Crippen LogP contribution in [-0.4, -0.2) is 30.9 Å². The van der Waals surface area contributed by atoms with Gasteiger partial charge < -0.3 is 10.2 Å². The van der Waals surface area contributed by atoms with E-state index in [4.69, 9.17) is 0 Å². The van der Waals surface area contributed by atoms with Crippen LogP contribution in [0.1, 0.15) is 30.9 Å². The Morgan fingerprint density at radius 2 is 2.00 bits per heavy atom. The minimum absolute atomic E-state index is 0. The molecule has 4 heteroatoms. The molecular weight excluding hydrogens is 272 g/mol. The summed E-state index contributed by atoms with van der Waals surface area (Å²) >= 11 is 0. The molecule has 1 aromatic carbocycles. The van der Waals surface area contributed by atoms with Crippen molar-refractivity contribution in [2.24, 2.45) is 5.41 Å². The minimum Gasteiger partial charge on any atom is -0.341 e. The Hall–Kier alpha value is -1.06. The van der Waals surface area contributed by atoms with E-state index in [1.807, 2.05) is 11.9 Å². The largest absolute Gasteiger partial charge is 0.341 e. The molecule has 1 unspecified atom stereocenters. The van der Waals surface area contributed by atoms with Gasteiger partial charge in [0.15, 0.2) is 0 Å². The Morgan fingerprint density at radius 3 is 2.55 bits per heavy atom. The number of halogens is 1. The quantitative estimate of drug-likeness (QED) is 0.930. The van der Waals surface area contributed by atoms with Gasteiger partial charge >= 0.3 is 0 Å². The van der Waals surface area contributed by atoms with Gasteiger partial charge in [0.05, 0.1) is 5.41 Å². The van der Waals surface area contributed by atoms with E-state index < -0.39 is 0 Å². The average molecular weight is 297 g/mol. The van der Waals surface area contributed by atoms with Gasteiger partial charge in [0.2, 0.25) is 5.91 Å². The molecule has 1 fully saturated rings. The van der Waals surface area contributed by atoms with Crippen LogP contribution >= 0.6 is 12.4 Å². The van der Waals surface area contributed by atoms with Crippen LogP contribution < -0.4 is 5.32 Å². The number of nitrogens with one attached hydrogen (secondary N) is 1. The zero-order valence-electron chi connectivity index (χ0n) is 12.6. The molecule has 0 spiro atoms. The maximum Gasteiger partial charge on any atom is 0.229 e. The molecule has 1 aliphatic rings. The van der Waals surface area contributed by atoms with Crippen LogP contribution in [0.3, 0.4) is 0 Å². The van der Waals surface area contributed by atoms with Crippen LogP contribution in [0.15, 0.2) is 24.3 Å². The molecule has 3 nitrogen and oxygen atoms in total. The first-order valence-electron chi connectivity index (χ1n) is 7.03. The van der Waals surface area contributed by atoms with Gasteiger partial charge in [-0.25, -0.2) is 0 Å². The van der Waals surface area contributed by atoms with Crippen LogP contribution in [0, 0.1) is 12.3 Å². The Balaban J connectivity index is 0.00000200. The van der Waals surface area contributed by atoms with Gasteiger partial charge in [-0.3, -0.25) is 4.79 Å². The summed E-state index contributed by atoms with van der Waals surface area (Å²) in [4.78, 5) is 14.4. The Morgan fingerprint density at radius 1 is 1.35 bits per heavy atom. The van der Waals surface area contributed by atoms with Gasteiger partial charge in [-0.1, -0.05) is 29.8 Å². The van der Waals surface area contributed by atoms with E-state index in [1.54, 1.807) is 0 Å². The van der Waals surface area contributed by atoms with Crippen molar-refractivity contribution < 1.29 is 4.79 Å². The van der Waals surface area contributed by atoms with Gasteiger partial charge in [0, 0.05) is 20.1 Å². The van der Waals surface area contributed by atoms with Crippen molar-refractivity contribution in [2.45, 2.75) is 33.2 Å². The smallest absolute Gasteiger partial charge is 0.229 e. The number of aryl methyl sites for hydroxylation is 1. The van der Waals surface area contributed by atoms with E-state index >= 15 is 0 Å². The highest BCUT2D eigenvalue weighted by molar-refractivity contribution is 5.85. The lowest BCUT2D eigenvalue weighted by molar-refractivity contribution is -0.141. The molecule has 0 aromatic heterocycles. The highest BCUT2D eigenvalue weighted by Gasteiger charge is 2.36. The van der Waals surface area contributed by atoms with Gasteiger partial charge in [-0.15, -0.1) is 12.4 Å². The van der Waals surface area contributed by atoms with Crippen molar-refractivity contribution in [3.05, 3.63) is 35.4 Å². The van der Waals surface area contributed by atoms with E-state index in [2.05, 4.69) is 43.4 Å². The molecular formula is C16H25ClN2O. The van der Waals surface area contributed by atoms with E-state index in [0.29, 0.717) is 6.54 Å². The number of amides is 1. The van der Waals surface area contributed by atoms with Crippen molar-refractivity contribution in [2.75, 3.05) is 20.1 Å². The fraction of sp³-hybridized carbons (Fsp3) is 0.562. The Labute approximate surface area is 128 Å². The highest BCUT2D eigenvalue weighted by atomic mass is 35.5. The molecule has 112 valence electrons. The normalized spacial score (nSPS) is 21.9. The first-order valence-corrected chi connectivity index (χ1v) is 7.03. The molecule has 1 amide bonds. The molecule has 1 aromatic rings. The number of carbonyl (C=O) groups is 1. The summed E-state index contributed by atoms with van der Waals surface area (Å²) in [7, 11) is 1.90. The number of nitrogens with zero attached hydrogens (tertiary/aromatic N) is 1. The monoisotopic (exact) mass is 296 g/mol. The van der Waals surface area contributed by atoms with Crippen molar-refractivity contribution in [3.8, 4) is 0 Å².